The summed E-state index contributed by atoms with van der Waals surface area (Å²) in [6.07, 6.45) is 0. The molecule has 2 aromatic carbocycles. The predicted octanol–water partition coefficient (Wildman–Crippen LogP) is 3.44. The molecule has 0 saturated carbocycles. The number of hydrogen-bond acceptors (Lipinski definition) is 4. The molecule has 1 aliphatic heterocycles. The topological polar surface area (TPSA) is 70.1 Å². The average Bonchev–Trinajstić information content (AvgIpc) is 2.68. The van der Waals surface area contributed by atoms with Crippen LogP contribution in [-0.2, 0) is 28.1 Å². The van der Waals surface area contributed by atoms with E-state index in [2.05, 4.69) is 4.90 Å². The zero-order valence-corrected chi connectivity index (χ0v) is 18.1. The van der Waals surface area contributed by atoms with E-state index in [0.29, 0.717) is 41.2 Å². The SMILES string of the molecule is O=C(O)COc1ccc(Cl)cc1CN1CCN(S(=O)Cc2cccc(Cl)c2)CC1. The maximum atomic E-state index is 12.7. The van der Waals surface area contributed by atoms with Crippen molar-refractivity contribution in [3.8, 4) is 5.75 Å². The summed E-state index contributed by atoms with van der Waals surface area (Å²) in [5.74, 6) is -0.0624. The Balaban J connectivity index is 1.55. The molecule has 1 fully saturated rings. The summed E-state index contributed by atoms with van der Waals surface area (Å²) in [6, 6.07) is 12.6. The third kappa shape index (κ3) is 6.69. The van der Waals surface area contributed by atoms with Crippen LogP contribution >= 0.6 is 23.2 Å². The van der Waals surface area contributed by atoms with E-state index in [1.807, 2.05) is 22.5 Å². The van der Waals surface area contributed by atoms with Crippen molar-refractivity contribution in [3.05, 3.63) is 63.6 Å². The second-order valence-corrected chi connectivity index (χ2v) is 9.06. The minimum Gasteiger partial charge on any atom is -0.482 e. The number of benzene rings is 2. The third-order valence-corrected chi connectivity index (χ3v) is 6.56. The Kier molecular flexibility index (Phi) is 7.91. The van der Waals surface area contributed by atoms with Gasteiger partial charge in [-0.15, -0.1) is 0 Å². The van der Waals surface area contributed by atoms with Gasteiger partial charge in [0.1, 0.15) is 5.75 Å². The summed E-state index contributed by atoms with van der Waals surface area (Å²) in [6.45, 7) is 3.03. The molecule has 1 heterocycles. The molecule has 1 saturated heterocycles. The highest BCUT2D eigenvalue weighted by Crippen LogP contribution is 2.25. The molecule has 29 heavy (non-hydrogen) atoms. The highest BCUT2D eigenvalue weighted by atomic mass is 35.5. The van der Waals surface area contributed by atoms with E-state index < -0.39 is 23.6 Å². The number of aliphatic carboxylic acids is 1. The maximum absolute atomic E-state index is 12.7. The average molecular weight is 457 g/mol. The van der Waals surface area contributed by atoms with Crippen molar-refractivity contribution in [1.82, 2.24) is 9.21 Å². The standard InChI is InChI=1S/C20H22Cl2N2O4S/c21-17-3-1-2-15(10-17)14-29(27)24-8-6-23(7-9-24)12-16-11-18(22)4-5-19(16)28-13-20(25)26/h1-5,10-11H,6-9,12-14H2,(H,25,26). The number of rotatable bonds is 8. The molecule has 6 nitrogen and oxygen atoms in total. The van der Waals surface area contributed by atoms with Crippen molar-refractivity contribution in [3.63, 3.8) is 0 Å². The Morgan fingerprint density at radius 1 is 1.07 bits per heavy atom. The molecule has 1 aliphatic rings. The fourth-order valence-corrected chi connectivity index (χ4v) is 4.77. The highest BCUT2D eigenvalue weighted by Gasteiger charge is 2.22. The van der Waals surface area contributed by atoms with Gasteiger partial charge in [0.2, 0.25) is 0 Å². The fraction of sp³-hybridized carbons (Fsp3) is 0.350. The van der Waals surface area contributed by atoms with Crippen molar-refractivity contribution in [2.75, 3.05) is 32.8 Å². The van der Waals surface area contributed by atoms with Crippen molar-refractivity contribution >= 4 is 40.2 Å². The van der Waals surface area contributed by atoms with Gasteiger partial charge in [-0.2, -0.15) is 0 Å². The molecule has 2 aromatic rings. The van der Waals surface area contributed by atoms with Crippen LogP contribution in [0.1, 0.15) is 11.1 Å². The molecule has 3 rings (SSSR count). The maximum Gasteiger partial charge on any atom is 0.341 e. The summed E-state index contributed by atoms with van der Waals surface area (Å²) in [4.78, 5) is 13.0. The van der Waals surface area contributed by atoms with Gasteiger partial charge in [-0.3, -0.25) is 4.90 Å². The molecular weight excluding hydrogens is 435 g/mol. The van der Waals surface area contributed by atoms with Gasteiger partial charge in [-0.1, -0.05) is 35.3 Å². The van der Waals surface area contributed by atoms with Gasteiger partial charge < -0.3 is 9.84 Å². The minimum atomic E-state index is -1.11. The molecule has 0 amide bonds. The largest absolute Gasteiger partial charge is 0.482 e. The molecule has 1 N–H and O–H groups in total. The lowest BCUT2D eigenvalue weighted by atomic mass is 10.1. The Morgan fingerprint density at radius 3 is 2.48 bits per heavy atom. The highest BCUT2D eigenvalue weighted by molar-refractivity contribution is 7.81. The van der Waals surface area contributed by atoms with E-state index in [9.17, 15) is 9.00 Å². The summed E-state index contributed by atoms with van der Waals surface area (Å²) >= 11 is 12.1. The summed E-state index contributed by atoms with van der Waals surface area (Å²) in [5.41, 5.74) is 1.80. The monoisotopic (exact) mass is 456 g/mol. The van der Waals surface area contributed by atoms with Gasteiger partial charge in [-0.05, 0) is 35.9 Å². The van der Waals surface area contributed by atoms with Crippen molar-refractivity contribution in [2.45, 2.75) is 12.3 Å². The van der Waals surface area contributed by atoms with Crippen LogP contribution in [0.15, 0.2) is 42.5 Å². The van der Waals surface area contributed by atoms with Crippen molar-refractivity contribution < 1.29 is 18.8 Å². The van der Waals surface area contributed by atoms with Gasteiger partial charge >= 0.3 is 5.97 Å². The molecule has 1 atom stereocenters. The van der Waals surface area contributed by atoms with Crippen LogP contribution in [0.3, 0.4) is 0 Å². The van der Waals surface area contributed by atoms with Gasteiger partial charge in [0, 0.05) is 48.3 Å². The molecule has 0 spiro atoms. The Hall–Kier alpha value is -1.64. The number of ether oxygens (including phenoxy) is 1. The van der Waals surface area contributed by atoms with Crippen LogP contribution in [-0.4, -0.2) is 57.3 Å². The Bertz CT molecular complexity index is 889. The van der Waals surface area contributed by atoms with Gasteiger partial charge in [0.15, 0.2) is 6.61 Å². The minimum absolute atomic E-state index is 0.398. The first kappa shape index (κ1) is 22.1. The molecular formula is C20H22Cl2N2O4S. The molecule has 1 unspecified atom stereocenters. The van der Waals surface area contributed by atoms with E-state index in [1.54, 1.807) is 24.3 Å². The van der Waals surface area contributed by atoms with Crippen molar-refractivity contribution in [2.24, 2.45) is 0 Å². The summed E-state index contributed by atoms with van der Waals surface area (Å²) < 4.78 is 20.0. The summed E-state index contributed by atoms with van der Waals surface area (Å²) in [7, 11) is -1.11. The number of carboxylic acids is 1. The lowest BCUT2D eigenvalue weighted by Gasteiger charge is -2.34. The third-order valence-electron chi connectivity index (χ3n) is 4.57. The van der Waals surface area contributed by atoms with E-state index in [1.165, 1.54) is 0 Å². The first-order chi connectivity index (χ1) is 13.9. The molecule has 0 aromatic heterocycles. The van der Waals surface area contributed by atoms with Crippen LogP contribution in [0.25, 0.3) is 0 Å². The van der Waals surface area contributed by atoms with Gasteiger partial charge in [0.25, 0.3) is 0 Å². The van der Waals surface area contributed by atoms with Gasteiger partial charge in [0.05, 0.1) is 16.7 Å². The Morgan fingerprint density at radius 2 is 1.79 bits per heavy atom. The Labute approximate surface area is 182 Å². The zero-order chi connectivity index (χ0) is 20.8. The van der Waals surface area contributed by atoms with Crippen LogP contribution in [0, 0.1) is 0 Å². The van der Waals surface area contributed by atoms with Crippen LogP contribution in [0.5, 0.6) is 5.75 Å². The number of piperazine rings is 1. The van der Waals surface area contributed by atoms with Crippen molar-refractivity contribution in [1.29, 1.82) is 0 Å². The molecule has 9 heteroatoms. The first-order valence-electron chi connectivity index (χ1n) is 9.14. The molecule has 156 valence electrons. The number of nitrogens with zero attached hydrogens (tertiary/aromatic N) is 2. The van der Waals surface area contributed by atoms with E-state index in [0.717, 1.165) is 24.2 Å². The van der Waals surface area contributed by atoms with Crippen LogP contribution in [0.2, 0.25) is 10.0 Å². The lowest BCUT2D eigenvalue weighted by Crippen LogP contribution is -2.46. The quantitative estimate of drug-likeness (QED) is 0.658. The second kappa shape index (κ2) is 10.4. The fourth-order valence-electron chi connectivity index (χ4n) is 3.14. The van der Waals surface area contributed by atoms with Gasteiger partial charge in [-0.25, -0.2) is 13.3 Å². The van der Waals surface area contributed by atoms with E-state index in [-0.39, 0.29) is 0 Å². The van der Waals surface area contributed by atoms with E-state index >= 15 is 0 Å². The zero-order valence-electron chi connectivity index (χ0n) is 15.7. The number of hydrogen-bond donors (Lipinski definition) is 1. The number of carbonyl (C=O) groups is 1. The molecule has 0 bridgehead atoms. The smallest absolute Gasteiger partial charge is 0.341 e. The number of halogens is 2. The van der Waals surface area contributed by atoms with E-state index in [4.69, 9.17) is 33.0 Å². The first-order valence-corrected chi connectivity index (χ1v) is 11.2. The predicted molar refractivity (Wildman–Crippen MR) is 115 cm³/mol. The summed E-state index contributed by atoms with van der Waals surface area (Å²) in [5, 5.41) is 10.1. The normalized spacial score (nSPS) is 16.5. The molecule has 0 radical (unpaired) electrons. The second-order valence-electron chi connectivity index (χ2n) is 6.74. The molecule has 0 aliphatic carbocycles. The lowest BCUT2D eigenvalue weighted by molar-refractivity contribution is -0.139. The number of carboxylic acid groups (broad SMARTS) is 1. The van der Waals surface area contributed by atoms with Crippen LogP contribution < -0.4 is 4.74 Å². The van der Waals surface area contributed by atoms with Crippen LogP contribution in [0.4, 0.5) is 0 Å².